The third kappa shape index (κ3) is 5.56. The van der Waals surface area contributed by atoms with Crippen LogP contribution in [0, 0.1) is 5.92 Å². The quantitative estimate of drug-likeness (QED) is 0.387. The van der Waals surface area contributed by atoms with E-state index in [-0.39, 0.29) is 18.9 Å². The molecule has 174 valence electrons. The Morgan fingerprint density at radius 2 is 1.94 bits per heavy atom. The van der Waals surface area contributed by atoms with Crippen molar-refractivity contribution in [3.8, 4) is 5.75 Å². The number of ether oxygens (including phenoxy) is 2. The molecule has 1 aromatic carbocycles. The molecule has 1 unspecified atom stereocenters. The fourth-order valence-electron chi connectivity index (χ4n) is 3.61. The van der Waals surface area contributed by atoms with E-state index in [1.807, 2.05) is 4.90 Å². The second-order valence-electron chi connectivity index (χ2n) is 8.19. The number of nitrogens with zero attached hydrogens (tertiary/aromatic N) is 2. The molecule has 0 spiro atoms. The van der Waals surface area contributed by atoms with Gasteiger partial charge in [-0.2, -0.15) is 5.01 Å². The van der Waals surface area contributed by atoms with Gasteiger partial charge >= 0.3 is 12.0 Å². The summed E-state index contributed by atoms with van der Waals surface area (Å²) in [5, 5.41) is 3.36. The lowest BCUT2D eigenvalue weighted by molar-refractivity contribution is -0.144. The van der Waals surface area contributed by atoms with E-state index in [2.05, 4.69) is 10.7 Å². The second kappa shape index (κ2) is 9.99. The smallest absolute Gasteiger partial charge is 0.344 e. The van der Waals surface area contributed by atoms with Crippen LogP contribution in [0.3, 0.4) is 0 Å². The first kappa shape index (κ1) is 23.5. The van der Waals surface area contributed by atoms with Crippen molar-refractivity contribution in [1.29, 1.82) is 0 Å². The van der Waals surface area contributed by atoms with Gasteiger partial charge in [0.25, 0.3) is 11.8 Å². The van der Waals surface area contributed by atoms with Gasteiger partial charge in [0.15, 0.2) is 0 Å². The fraction of sp³-hybridized carbons (Fsp3) is 0.545. The zero-order valence-electron chi connectivity index (χ0n) is 18.7. The fourth-order valence-corrected chi connectivity index (χ4v) is 3.61. The maximum atomic E-state index is 13.0. The Kier molecular flexibility index (Phi) is 7.34. The van der Waals surface area contributed by atoms with E-state index >= 15 is 0 Å². The molecule has 10 nitrogen and oxygen atoms in total. The Bertz CT molecular complexity index is 870. The van der Waals surface area contributed by atoms with Crippen LogP contribution in [0.25, 0.3) is 0 Å². The largest absolute Gasteiger partial charge is 0.497 e. The molecule has 2 fully saturated rings. The lowest BCUT2D eigenvalue weighted by atomic mass is 9.92. The minimum Gasteiger partial charge on any atom is -0.497 e. The number of methoxy groups -OCH3 is 1. The highest BCUT2D eigenvalue weighted by atomic mass is 16.5. The van der Waals surface area contributed by atoms with Gasteiger partial charge in [-0.25, -0.2) is 4.79 Å². The molecule has 0 bridgehead atoms. The SMILES string of the molecule is CCOC(=O)CCN(CC(=O)NN1C(=O)NC(C)(c2ccc(OC)cc2)C1=O)CC1CC1. The molecule has 1 atom stereocenters. The first-order valence-corrected chi connectivity index (χ1v) is 10.8. The van der Waals surface area contributed by atoms with E-state index in [1.54, 1.807) is 38.1 Å². The van der Waals surface area contributed by atoms with Gasteiger partial charge in [0.05, 0.1) is 26.7 Å². The number of hydrogen-bond donors (Lipinski definition) is 2. The molecule has 10 heteroatoms. The Morgan fingerprint density at radius 1 is 1.25 bits per heavy atom. The molecular formula is C22H30N4O6. The van der Waals surface area contributed by atoms with Gasteiger partial charge in [0.1, 0.15) is 11.3 Å². The van der Waals surface area contributed by atoms with Crippen LogP contribution in [0.4, 0.5) is 4.79 Å². The summed E-state index contributed by atoms with van der Waals surface area (Å²) in [5.74, 6) is -0.283. The summed E-state index contributed by atoms with van der Waals surface area (Å²) in [6.07, 6.45) is 2.35. The van der Waals surface area contributed by atoms with E-state index in [4.69, 9.17) is 9.47 Å². The van der Waals surface area contributed by atoms with Crippen LogP contribution in [-0.4, -0.2) is 67.1 Å². The first-order chi connectivity index (χ1) is 15.3. The number of rotatable bonds is 11. The van der Waals surface area contributed by atoms with Gasteiger partial charge in [0, 0.05) is 13.1 Å². The van der Waals surface area contributed by atoms with Crippen molar-refractivity contribution in [2.24, 2.45) is 5.92 Å². The van der Waals surface area contributed by atoms with Crippen LogP contribution >= 0.6 is 0 Å². The lowest BCUT2D eigenvalue weighted by Crippen LogP contribution is -2.51. The molecule has 2 N–H and O–H groups in total. The molecule has 0 aromatic heterocycles. The third-order valence-corrected chi connectivity index (χ3v) is 5.61. The Morgan fingerprint density at radius 3 is 2.53 bits per heavy atom. The van der Waals surface area contributed by atoms with Crippen LogP contribution in [-0.2, 0) is 24.7 Å². The number of hydrazine groups is 1. The summed E-state index contributed by atoms with van der Waals surface area (Å²) < 4.78 is 10.1. The van der Waals surface area contributed by atoms with Crippen LogP contribution in [0.15, 0.2) is 24.3 Å². The van der Waals surface area contributed by atoms with Crippen molar-refractivity contribution in [2.45, 2.75) is 38.6 Å². The minimum absolute atomic E-state index is 0.0355. The summed E-state index contributed by atoms with van der Waals surface area (Å²) in [6.45, 7) is 4.64. The molecule has 4 amide bonds. The molecule has 32 heavy (non-hydrogen) atoms. The van der Waals surface area contributed by atoms with Crippen molar-refractivity contribution < 1.29 is 28.7 Å². The number of imide groups is 1. The molecule has 1 saturated carbocycles. The summed E-state index contributed by atoms with van der Waals surface area (Å²) in [5.41, 5.74) is 1.67. The molecule has 2 aliphatic rings. The maximum absolute atomic E-state index is 13.0. The summed E-state index contributed by atoms with van der Waals surface area (Å²) in [7, 11) is 1.54. The molecular weight excluding hydrogens is 416 g/mol. The number of amides is 4. The van der Waals surface area contributed by atoms with Gasteiger partial charge in [-0.05, 0) is 50.3 Å². The van der Waals surface area contributed by atoms with Gasteiger partial charge in [0.2, 0.25) is 0 Å². The molecule has 1 heterocycles. The second-order valence-corrected chi connectivity index (χ2v) is 8.19. The van der Waals surface area contributed by atoms with Crippen molar-refractivity contribution in [3.63, 3.8) is 0 Å². The van der Waals surface area contributed by atoms with E-state index in [0.29, 0.717) is 41.9 Å². The molecule has 1 aliphatic carbocycles. The molecule has 0 radical (unpaired) electrons. The van der Waals surface area contributed by atoms with Crippen molar-refractivity contribution in [1.82, 2.24) is 20.7 Å². The third-order valence-electron chi connectivity index (χ3n) is 5.61. The standard InChI is InChI=1S/C22H30N4O6/c1-4-32-19(28)11-12-25(13-15-5-6-15)14-18(27)24-26-20(29)22(2,23-21(26)30)16-7-9-17(31-3)10-8-16/h7-10,15H,4-6,11-14H2,1-3H3,(H,23,30)(H,24,27). The maximum Gasteiger partial charge on any atom is 0.344 e. The molecule has 1 saturated heterocycles. The van der Waals surface area contributed by atoms with Crippen LogP contribution in [0.2, 0.25) is 0 Å². The number of hydrogen-bond acceptors (Lipinski definition) is 7. The van der Waals surface area contributed by atoms with E-state index in [9.17, 15) is 19.2 Å². The van der Waals surface area contributed by atoms with Crippen LogP contribution < -0.4 is 15.5 Å². The highest BCUT2D eigenvalue weighted by Crippen LogP contribution is 2.30. The van der Waals surface area contributed by atoms with Gasteiger partial charge in [-0.3, -0.25) is 24.7 Å². The average molecular weight is 447 g/mol. The lowest BCUT2D eigenvalue weighted by Gasteiger charge is -2.24. The number of urea groups is 1. The van der Waals surface area contributed by atoms with Gasteiger partial charge in [-0.1, -0.05) is 12.1 Å². The number of carbonyl (C=O) groups excluding carboxylic acids is 4. The van der Waals surface area contributed by atoms with Crippen LogP contribution in [0.5, 0.6) is 5.75 Å². The molecule has 1 aromatic rings. The summed E-state index contributed by atoms with van der Waals surface area (Å²) in [6, 6.07) is 6.06. The number of nitrogens with one attached hydrogen (secondary N) is 2. The first-order valence-electron chi connectivity index (χ1n) is 10.8. The highest BCUT2D eigenvalue weighted by Gasteiger charge is 2.50. The van der Waals surface area contributed by atoms with Crippen molar-refractivity contribution in [3.05, 3.63) is 29.8 Å². The average Bonchev–Trinajstić information content (AvgIpc) is 3.56. The predicted octanol–water partition coefficient (Wildman–Crippen LogP) is 1.16. The minimum atomic E-state index is -1.31. The zero-order chi connectivity index (χ0) is 23.3. The van der Waals surface area contributed by atoms with E-state index < -0.39 is 23.4 Å². The highest BCUT2D eigenvalue weighted by molar-refractivity contribution is 6.08. The van der Waals surface area contributed by atoms with Crippen LogP contribution in [0.1, 0.15) is 38.7 Å². The summed E-state index contributed by atoms with van der Waals surface area (Å²) in [4.78, 5) is 51.7. The van der Waals surface area contributed by atoms with Gasteiger partial charge < -0.3 is 14.8 Å². The normalized spacial score (nSPS) is 20.3. The number of carbonyl (C=O) groups is 4. The monoisotopic (exact) mass is 446 g/mol. The van der Waals surface area contributed by atoms with Crippen molar-refractivity contribution in [2.75, 3.05) is 33.4 Å². The zero-order valence-corrected chi connectivity index (χ0v) is 18.7. The van der Waals surface area contributed by atoms with Gasteiger partial charge in [-0.15, -0.1) is 0 Å². The molecule has 3 rings (SSSR count). The molecule has 1 aliphatic heterocycles. The Labute approximate surface area is 187 Å². The predicted molar refractivity (Wildman–Crippen MR) is 114 cm³/mol. The number of benzene rings is 1. The Balaban J connectivity index is 1.61. The van der Waals surface area contributed by atoms with Crippen molar-refractivity contribution >= 4 is 23.8 Å². The van der Waals surface area contributed by atoms with E-state index in [0.717, 1.165) is 12.8 Å². The Hall–Kier alpha value is -3.14. The summed E-state index contributed by atoms with van der Waals surface area (Å²) >= 11 is 0. The topological polar surface area (TPSA) is 117 Å². The van der Waals surface area contributed by atoms with E-state index in [1.165, 1.54) is 7.11 Å². The number of esters is 1.